The number of nitrogens with one attached hydrogen (secondary N) is 2. The van der Waals surface area contributed by atoms with Gasteiger partial charge in [-0.2, -0.15) is 17.5 Å². The maximum absolute atomic E-state index is 13.1. The van der Waals surface area contributed by atoms with Crippen LogP contribution >= 0.6 is 0 Å². The van der Waals surface area contributed by atoms with Gasteiger partial charge in [-0.1, -0.05) is 30.5 Å². The zero-order valence-electron chi connectivity index (χ0n) is 18.8. The molecule has 0 aliphatic carbocycles. The van der Waals surface area contributed by atoms with E-state index >= 15 is 0 Å². The number of anilines is 2. The van der Waals surface area contributed by atoms with Crippen molar-refractivity contribution in [3.63, 3.8) is 0 Å². The second-order valence-corrected chi connectivity index (χ2v) is 10.1. The Bertz CT molecular complexity index is 1080. The minimum Gasteiger partial charge on any atom is -0.482 e. The lowest BCUT2D eigenvalue weighted by molar-refractivity contribution is -0.153. The molecule has 7 nitrogen and oxygen atoms in total. The molecule has 1 aliphatic rings. The van der Waals surface area contributed by atoms with Gasteiger partial charge in [0, 0.05) is 18.8 Å². The highest BCUT2D eigenvalue weighted by Crippen LogP contribution is 2.31. The van der Waals surface area contributed by atoms with E-state index in [1.807, 2.05) is 19.1 Å². The van der Waals surface area contributed by atoms with Gasteiger partial charge in [-0.25, -0.2) is 8.42 Å². The minimum atomic E-state index is -4.57. The first-order chi connectivity index (χ1) is 16.0. The highest BCUT2D eigenvalue weighted by Gasteiger charge is 2.30. The molecule has 2 aromatic carbocycles. The summed E-state index contributed by atoms with van der Waals surface area (Å²) >= 11 is 0. The Labute approximate surface area is 197 Å². The zero-order chi connectivity index (χ0) is 24.8. The van der Waals surface area contributed by atoms with E-state index in [-0.39, 0.29) is 22.9 Å². The largest absolute Gasteiger partial charge is 0.482 e. The minimum absolute atomic E-state index is 0.0146. The Morgan fingerprint density at radius 1 is 1.03 bits per heavy atom. The molecule has 1 heterocycles. The number of sulfonamides is 1. The molecule has 0 bridgehead atoms. The normalized spacial score (nSPS) is 15.4. The van der Waals surface area contributed by atoms with E-state index in [2.05, 4.69) is 10.6 Å². The maximum Gasteiger partial charge on any atom is 0.422 e. The number of amides is 1. The van der Waals surface area contributed by atoms with Gasteiger partial charge in [0.05, 0.1) is 17.1 Å². The Hall–Kier alpha value is -2.79. The van der Waals surface area contributed by atoms with E-state index in [4.69, 9.17) is 4.74 Å². The molecule has 2 N–H and O–H groups in total. The van der Waals surface area contributed by atoms with Crippen LogP contribution in [0.2, 0.25) is 0 Å². The van der Waals surface area contributed by atoms with Crippen molar-refractivity contribution in [1.29, 1.82) is 0 Å². The first-order valence-corrected chi connectivity index (χ1v) is 12.4. The van der Waals surface area contributed by atoms with Gasteiger partial charge in [0.1, 0.15) is 5.75 Å². The van der Waals surface area contributed by atoms with Gasteiger partial charge in [-0.3, -0.25) is 4.79 Å². The molecule has 1 fully saturated rings. The number of halogens is 3. The lowest BCUT2D eigenvalue weighted by Crippen LogP contribution is -2.32. The maximum atomic E-state index is 13.1. The van der Waals surface area contributed by atoms with Crippen molar-refractivity contribution in [2.45, 2.75) is 43.7 Å². The summed E-state index contributed by atoms with van der Waals surface area (Å²) in [5.74, 6) is -0.651. The topological polar surface area (TPSA) is 87.7 Å². The first kappa shape index (κ1) is 25.8. The van der Waals surface area contributed by atoms with E-state index in [0.717, 1.165) is 31.2 Å². The summed E-state index contributed by atoms with van der Waals surface area (Å²) in [6.45, 7) is 0.827. The van der Waals surface area contributed by atoms with Crippen molar-refractivity contribution in [2.75, 3.05) is 36.9 Å². The van der Waals surface area contributed by atoms with E-state index in [1.165, 1.54) is 22.5 Å². The van der Waals surface area contributed by atoms with Gasteiger partial charge in [0.25, 0.3) is 0 Å². The zero-order valence-corrected chi connectivity index (χ0v) is 19.6. The molecular weight excluding hydrogens is 471 g/mol. The van der Waals surface area contributed by atoms with Crippen LogP contribution in [0.3, 0.4) is 0 Å². The van der Waals surface area contributed by atoms with Crippen molar-refractivity contribution in [3.05, 3.63) is 48.0 Å². The van der Waals surface area contributed by atoms with Crippen LogP contribution in [-0.2, 0) is 14.8 Å². The van der Waals surface area contributed by atoms with Gasteiger partial charge < -0.3 is 15.4 Å². The van der Waals surface area contributed by atoms with Gasteiger partial charge in [-0.15, -0.1) is 0 Å². The summed E-state index contributed by atoms with van der Waals surface area (Å²) in [7, 11) is -3.84. The van der Waals surface area contributed by atoms with E-state index in [1.54, 1.807) is 12.1 Å². The number of aryl methyl sites for hydroxylation is 1. The van der Waals surface area contributed by atoms with E-state index in [0.29, 0.717) is 18.8 Å². The number of ether oxygens (including phenoxy) is 1. The fourth-order valence-corrected chi connectivity index (χ4v) is 5.09. The number of alkyl halides is 3. The molecule has 1 amide bonds. The van der Waals surface area contributed by atoms with Gasteiger partial charge >= 0.3 is 6.18 Å². The molecule has 0 unspecified atom stereocenters. The highest BCUT2D eigenvalue weighted by molar-refractivity contribution is 7.89. The van der Waals surface area contributed by atoms with Gasteiger partial charge in [-0.05, 0) is 50.1 Å². The first-order valence-electron chi connectivity index (χ1n) is 11.0. The number of benzene rings is 2. The molecule has 0 spiro atoms. The predicted molar refractivity (Wildman–Crippen MR) is 124 cm³/mol. The molecule has 3 rings (SSSR count). The average Bonchev–Trinajstić information content (AvgIpc) is 3.08. The van der Waals surface area contributed by atoms with Crippen molar-refractivity contribution < 1.29 is 31.1 Å². The van der Waals surface area contributed by atoms with Crippen LogP contribution in [0.5, 0.6) is 5.75 Å². The number of hydrogen-bond donors (Lipinski definition) is 2. The van der Waals surface area contributed by atoms with Crippen molar-refractivity contribution in [3.8, 4) is 5.75 Å². The van der Waals surface area contributed by atoms with Crippen LogP contribution in [0.25, 0.3) is 0 Å². The molecule has 2 aromatic rings. The summed E-state index contributed by atoms with van der Waals surface area (Å²) in [6.07, 6.45) is -1.19. The van der Waals surface area contributed by atoms with Crippen molar-refractivity contribution in [1.82, 2.24) is 4.31 Å². The predicted octanol–water partition coefficient (Wildman–Crippen LogP) is 4.55. The Balaban J connectivity index is 1.79. The van der Waals surface area contributed by atoms with Crippen molar-refractivity contribution in [2.24, 2.45) is 0 Å². The molecule has 34 heavy (non-hydrogen) atoms. The fourth-order valence-electron chi connectivity index (χ4n) is 3.54. The highest BCUT2D eigenvalue weighted by atomic mass is 32.2. The summed E-state index contributed by atoms with van der Waals surface area (Å²) < 4.78 is 70.6. The lowest BCUT2D eigenvalue weighted by Gasteiger charge is -2.21. The second kappa shape index (κ2) is 11.1. The van der Waals surface area contributed by atoms with Gasteiger partial charge in [0.15, 0.2) is 6.61 Å². The van der Waals surface area contributed by atoms with Crippen molar-refractivity contribution >= 4 is 27.3 Å². The van der Waals surface area contributed by atoms with E-state index < -0.39 is 28.7 Å². The monoisotopic (exact) mass is 499 g/mol. The molecular formula is C23H28F3N3O4S. The summed E-state index contributed by atoms with van der Waals surface area (Å²) in [6, 6.07) is 10.7. The SMILES string of the molecule is Cc1ccc(NC(=O)CNc2cc(S(=O)(=O)N3CCCCCC3)ccc2OCC(F)(F)F)cc1. The van der Waals surface area contributed by atoms with Crippen LogP contribution in [0.15, 0.2) is 47.4 Å². The molecule has 0 aromatic heterocycles. The van der Waals surface area contributed by atoms with E-state index in [9.17, 15) is 26.4 Å². The summed E-state index contributed by atoms with van der Waals surface area (Å²) in [4.78, 5) is 12.3. The molecule has 0 atom stereocenters. The molecule has 186 valence electrons. The number of rotatable bonds is 8. The van der Waals surface area contributed by atoms with Crippen LogP contribution in [0, 0.1) is 6.92 Å². The van der Waals surface area contributed by atoms with Gasteiger partial charge in [0.2, 0.25) is 15.9 Å². The smallest absolute Gasteiger partial charge is 0.422 e. The number of carbonyl (C=O) groups is 1. The third kappa shape index (κ3) is 7.36. The third-order valence-corrected chi connectivity index (χ3v) is 7.21. The van der Waals surface area contributed by atoms with Crippen LogP contribution in [0.4, 0.5) is 24.5 Å². The van der Waals surface area contributed by atoms with Crippen LogP contribution < -0.4 is 15.4 Å². The second-order valence-electron chi connectivity index (χ2n) is 8.15. The Morgan fingerprint density at radius 3 is 2.29 bits per heavy atom. The molecule has 0 radical (unpaired) electrons. The number of carbonyl (C=O) groups excluding carboxylic acids is 1. The number of nitrogens with zero attached hydrogens (tertiary/aromatic N) is 1. The summed E-state index contributed by atoms with van der Waals surface area (Å²) in [5.41, 5.74) is 1.56. The summed E-state index contributed by atoms with van der Waals surface area (Å²) in [5, 5.41) is 5.39. The standard InChI is InChI=1S/C23H28F3N3O4S/c1-17-6-8-18(9-7-17)28-22(30)15-27-20-14-19(10-11-21(20)33-16-23(24,25)26)34(31,32)29-12-4-2-3-5-13-29/h6-11,14,27H,2-5,12-13,15-16H2,1H3,(H,28,30). The Kier molecular flexibility index (Phi) is 8.42. The van der Waals surface area contributed by atoms with Crippen LogP contribution in [-0.4, -0.2) is 51.0 Å². The Morgan fingerprint density at radius 2 is 1.68 bits per heavy atom. The molecule has 11 heteroatoms. The van der Waals surface area contributed by atoms with Crippen LogP contribution in [0.1, 0.15) is 31.2 Å². The molecule has 0 saturated carbocycles. The fraction of sp³-hybridized carbons (Fsp3) is 0.435. The number of hydrogen-bond acceptors (Lipinski definition) is 5. The quantitative estimate of drug-likeness (QED) is 0.556. The lowest BCUT2D eigenvalue weighted by atomic mass is 10.2. The average molecular weight is 500 g/mol. The molecule has 1 saturated heterocycles. The molecule has 1 aliphatic heterocycles. The third-order valence-electron chi connectivity index (χ3n) is 5.32.